The van der Waals surface area contributed by atoms with Gasteiger partial charge in [-0.3, -0.25) is 9.69 Å². The highest BCUT2D eigenvalue weighted by atomic mass is 32.2. The van der Waals surface area contributed by atoms with Crippen LogP contribution in [-0.4, -0.2) is 16.6 Å². The Morgan fingerprint density at radius 3 is 2.36 bits per heavy atom. The number of rotatable bonds is 6. The van der Waals surface area contributed by atoms with Crippen LogP contribution in [0, 0.1) is 6.92 Å². The molecule has 0 saturated carbocycles. The fourth-order valence-corrected chi connectivity index (χ4v) is 3.21. The van der Waals surface area contributed by atoms with Gasteiger partial charge in [0.15, 0.2) is 0 Å². The van der Waals surface area contributed by atoms with Crippen molar-refractivity contribution in [3.05, 3.63) is 90.1 Å². The molecule has 0 saturated heterocycles. The van der Waals surface area contributed by atoms with Gasteiger partial charge in [-0.05, 0) is 36.8 Å². The second kappa shape index (κ2) is 8.49. The summed E-state index contributed by atoms with van der Waals surface area (Å²) in [6, 6.07) is 23.9. The first-order valence-electron chi connectivity index (χ1n) is 8.17. The molecule has 0 aliphatic rings. The van der Waals surface area contributed by atoms with Crippen LogP contribution in [0.3, 0.4) is 0 Å². The predicted octanol–water partition coefficient (Wildman–Crippen LogP) is 4.72. The van der Waals surface area contributed by atoms with Gasteiger partial charge in [0.1, 0.15) is 5.82 Å². The minimum absolute atomic E-state index is 0.0492. The molecule has 25 heavy (non-hydrogen) atoms. The minimum atomic E-state index is 0.0492. The zero-order valence-corrected chi connectivity index (χ0v) is 14.9. The van der Waals surface area contributed by atoms with Gasteiger partial charge in [-0.2, -0.15) is 0 Å². The summed E-state index contributed by atoms with van der Waals surface area (Å²) in [6.07, 6.45) is 1.72. The second-order valence-corrected chi connectivity index (χ2v) is 6.80. The third-order valence-electron chi connectivity index (χ3n) is 3.79. The highest BCUT2D eigenvalue weighted by Gasteiger charge is 2.17. The average molecular weight is 348 g/mol. The SMILES string of the molecule is Cc1ccc(SCC(=O)N(Cc2ccccc2)c2ccccn2)cc1. The number of amides is 1. The normalized spacial score (nSPS) is 10.4. The van der Waals surface area contributed by atoms with E-state index in [4.69, 9.17) is 0 Å². The number of hydrogen-bond acceptors (Lipinski definition) is 3. The molecular formula is C21H20N2OS. The van der Waals surface area contributed by atoms with Crippen molar-refractivity contribution in [2.24, 2.45) is 0 Å². The van der Waals surface area contributed by atoms with Gasteiger partial charge in [-0.25, -0.2) is 4.98 Å². The van der Waals surface area contributed by atoms with E-state index in [1.54, 1.807) is 22.9 Å². The Labute approximate surface area is 152 Å². The van der Waals surface area contributed by atoms with E-state index in [1.165, 1.54) is 5.56 Å². The number of thioether (sulfide) groups is 1. The summed E-state index contributed by atoms with van der Waals surface area (Å²) in [7, 11) is 0. The summed E-state index contributed by atoms with van der Waals surface area (Å²) >= 11 is 1.55. The molecule has 0 N–H and O–H groups in total. The Morgan fingerprint density at radius 2 is 1.68 bits per heavy atom. The highest BCUT2D eigenvalue weighted by molar-refractivity contribution is 8.00. The van der Waals surface area contributed by atoms with Crippen molar-refractivity contribution in [2.75, 3.05) is 10.7 Å². The number of aryl methyl sites for hydroxylation is 1. The molecule has 0 aliphatic heterocycles. The molecule has 3 aromatic rings. The molecule has 0 unspecified atom stereocenters. The Hall–Kier alpha value is -2.59. The van der Waals surface area contributed by atoms with Crippen LogP contribution in [0.2, 0.25) is 0 Å². The Balaban J connectivity index is 1.74. The lowest BCUT2D eigenvalue weighted by atomic mass is 10.2. The van der Waals surface area contributed by atoms with Crippen LogP contribution in [0.4, 0.5) is 5.82 Å². The number of carbonyl (C=O) groups excluding carboxylic acids is 1. The van der Waals surface area contributed by atoms with Gasteiger partial charge >= 0.3 is 0 Å². The standard InChI is InChI=1S/C21H20N2OS/c1-17-10-12-19(13-11-17)25-16-21(24)23(20-9-5-6-14-22-20)15-18-7-3-2-4-8-18/h2-14H,15-16H2,1H3. The lowest BCUT2D eigenvalue weighted by molar-refractivity contribution is -0.116. The molecule has 1 aromatic heterocycles. The molecule has 0 aliphatic carbocycles. The maximum absolute atomic E-state index is 12.9. The van der Waals surface area contributed by atoms with E-state index in [0.29, 0.717) is 18.1 Å². The summed E-state index contributed by atoms with van der Waals surface area (Å²) < 4.78 is 0. The minimum Gasteiger partial charge on any atom is -0.292 e. The number of aromatic nitrogens is 1. The van der Waals surface area contributed by atoms with Crippen LogP contribution in [0.5, 0.6) is 0 Å². The first kappa shape index (κ1) is 17.2. The quantitative estimate of drug-likeness (QED) is 0.605. The molecule has 3 rings (SSSR count). The van der Waals surface area contributed by atoms with Crippen LogP contribution >= 0.6 is 11.8 Å². The molecule has 0 bridgehead atoms. The van der Waals surface area contributed by atoms with E-state index in [2.05, 4.69) is 36.2 Å². The molecule has 0 atom stereocenters. The lowest BCUT2D eigenvalue weighted by Crippen LogP contribution is -2.32. The number of pyridine rings is 1. The summed E-state index contributed by atoms with van der Waals surface area (Å²) in [4.78, 5) is 20.1. The van der Waals surface area contributed by atoms with Gasteiger partial charge in [0.25, 0.3) is 0 Å². The van der Waals surface area contributed by atoms with Crippen molar-refractivity contribution in [1.82, 2.24) is 4.98 Å². The Kier molecular flexibility index (Phi) is 5.86. The van der Waals surface area contributed by atoms with Gasteiger partial charge in [0.05, 0.1) is 12.3 Å². The summed E-state index contributed by atoms with van der Waals surface area (Å²) in [6.45, 7) is 2.58. The van der Waals surface area contributed by atoms with Crippen LogP contribution in [-0.2, 0) is 11.3 Å². The van der Waals surface area contributed by atoms with E-state index < -0.39 is 0 Å². The predicted molar refractivity (Wildman–Crippen MR) is 104 cm³/mol. The van der Waals surface area contributed by atoms with Crippen molar-refractivity contribution < 1.29 is 4.79 Å². The van der Waals surface area contributed by atoms with Crippen LogP contribution in [0.15, 0.2) is 83.9 Å². The van der Waals surface area contributed by atoms with E-state index in [-0.39, 0.29) is 5.91 Å². The van der Waals surface area contributed by atoms with Crippen molar-refractivity contribution >= 4 is 23.5 Å². The van der Waals surface area contributed by atoms with Gasteiger partial charge in [-0.1, -0.05) is 54.1 Å². The largest absolute Gasteiger partial charge is 0.292 e. The summed E-state index contributed by atoms with van der Waals surface area (Å²) in [5, 5.41) is 0. The average Bonchev–Trinajstić information content (AvgIpc) is 2.67. The Bertz CT molecular complexity index is 804. The zero-order chi connectivity index (χ0) is 17.5. The lowest BCUT2D eigenvalue weighted by Gasteiger charge is -2.22. The molecule has 2 aromatic carbocycles. The van der Waals surface area contributed by atoms with E-state index in [0.717, 1.165) is 10.5 Å². The number of hydrogen-bond donors (Lipinski definition) is 0. The first-order valence-corrected chi connectivity index (χ1v) is 9.16. The van der Waals surface area contributed by atoms with E-state index >= 15 is 0 Å². The second-order valence-electron chi connectivity index (χ2n) is 5.76. The van der Waals surface area contributed by atoms with Crippen LogP contribution in [0.25, 0.3) is 0 Å². The molecule has 126 valence electrons. The summed E-state index contributed by atoms with van der Waals surface area (Å²) in [5.41, 5.74) is 2.30. The molecule has 1 amide bonds. The van der Waals surface area contributed by atoms with Crippen LogP contribution in [0.1, 0.15) is 11.1 Å². The molecular weight excluding hydrogens is 328 g/mol. The van der Waals surface area contributed by atoms with Gasteiger partial charge in [0, 0.05) is 11.1 Å². The van der Waals surface area contributed by atoms with Crippen molar-refractivity contribution in [1.29, 1.82) is 0 Å². The van der Waals surface area contributed by atoms with Crippen molar-refractivity contribution in [3.8, 4) is 0 Å². The molecule has 4 heteroatoms. The van der Waals surface area contributed by atoms with Crippen molar-refractivity contribution in [3.63, 3.8) is 0 Å². The maximum Gasteiger partial charge on any atom is 0.238 e. The van der Waals surface area contributed by atoms with E-state index in [1.807, 2.05) is 48.5 Å². The number of anilines is 1. The van der Waals surface area contributed by atoms with Gasteiger partial charge < -0.3 is 0 Å². The molecule has 0 fully saturated rings. The summed E-state index contributed by atoms with van der Waals surface area (Å²) in [5.74, 6) is 1.11. The number of nitrogens with zero attached hydrogens (tertiary/aromatic N) is 2. The number of carbonyl (C=O) groups is 1. The van der Waals surface area contributed by atoms with E-state index in [9.17, 15) is 4.79 Å². The van der Waals surface area contributed by atoms with Gasteiger partial charge in [-0.15, -0.1) is 11.8 Å². The fourth-order valence-electron chi connectivity index (χ4n) is 2.43. The Morgan fingerprint density at radius 1 is 0.960 bits per heavy atom. The smallest absolute Gasteiger partial charge is 0.238 e. The molecule has 0 spiro atoms. The molecule has 1 heterocycles. The van der Waals surface area contributed by atoms with Crippen LogP contribution < -0.4 is 4.90 Å². The molecule has 0 radical (unpaired) electrons. The topological polar surface area (TPSA) is 33.2 Å². The number of benzene rings is 2. The highest BCUT2D eigenvalue weighted by Crippen LogP contribution is 2.21. The third kappa shape index (κ3) is 4.94. The molecule has 3 nitrogen and oxygen atoms in total. The fraction of sp³-hybridized carbons (Fsp3) is 0.143. The third-order valence-corrected chi connectivity index (χ3v) is 4.79. The van der Waals surface area contributed by atoms with Gasteiger partial charge in [0.2, 0.25) is 5.91 Å². The monoisotopic (exact) mass is 348 g/mol. The van der Waals surface area contributed by atoms with Crippen molar-refractivity contribution in [2.45, 2.75) is 18.4 Å². The maximum atomic E-state index is 12.9. The zero-order valence-electron chi connectivity index (χ0n) is 14.1. The first-order chi connectivity index (χ1) is 12.2.